The van der Waals surface area contributed by atoms with E-state index in [1.165, 1.54) is 22.0 Å². The van der Waals surface area contributed by atoms with Crippen LogP contribution < -0.4 is 9.47 Å². The molecule has 0 spiro atoms. The molecular formula is C26H30N2O3. The van der Waals surface area contributed by atoms with Crippen molar-refractivity contribution in [2.24, 2.45) is 0 Å². The fraction of sp³-hybridized carbons (Fsp3) is 0.385. The monoisotopic (exact) mass is 418 g/mol. The normalized spacial score (nSPS) is 16.3. The number of hydrogen-bond donors (Lipinski definition) is 1. The third-order valence-electron chi connectivity index (χ3n) is 5.99. The van der Waals surface area contributed by atoms with Gasteiger partial charge in [-0.05, 0) is 67.8 Å². The fourth-order valence-corrected chi connectivity index (χ4v) is 4.38. The quantitative estimate of drug-likeness (QED) is 0.561. The van der Waals surface area contributed by atoms with Crippen molar-refractivity contribution < 1.29 is 14.6 Å². The van der Waals surface area contributed by atoms with Crippen molar-refractivity contribution >= 4 is 10.9 Å². The highest BCUT2D eigenvalue weighted by Gasteiger charge is 2.25. The number of methoxy groups -OCH3 is 1. The SMILES string of the molecule is CC#CCOc1ccc2c(c1)c(CN1CCC[C@H]1CO)cn2Cc1cccc(OC)c1. The highest BCUT2D eigenvalue weighted by molar-refractivity contribution is 5.85. The van der Waals surface area contributed by atoms with Crippen LogP contribution in [-0.4, -0.2) is 47.5 Å². The Labute approximate surface area is 184 Å². The number of likely N-dealkylation sites (tertiary alicyclic amines) is 1. The molecule has 0 unspecified atom stereocenters. The van der Waals surface area contributed by atoms with Crippen LogP contribution in [0.4, 0.5) is 0 Å². The molecule has 0 aliphatic carbocycles. The Morgan fingerprint density at radius 3 is 2.84 bits per heavy atom. The summed E-state index contributed by atoms with van der Waals surface area (Å²) in [6.07, 6.45) is 4.44. The van der Waals surface area contributed by atoms with Crippen LogP contribution in [0.2, 0.25) is 0 Å². The van der Waals surface area contributed by atoms with Crippen molar-refractivity contribution in [2.45, 2.75) is 38.9 Å². The van der Waals surface area contributed by atoms with Gasteiger partial charge in [-0.15, -0.1) is 5.92 Å². The van der Waals surface area contributed by atoms with Gasteiger partial charge < -0.3 is 19.1 Å². The molecule has 0 amide bonds. The van der Waals surface area contributed by atoms with Crippen LogP contribution in [0.15, 0.2) is 48.7 Å². The first-order chi connectivity index (χ1) is 15.2. The molecule has 31 heavy (non-hydrogen) atoms. The maximum atomic E-state index is 9.75. The van der Waals surface area contributed by atoms with Crippen LogP contribution in [0, 0.1) is 11.8 Å². The third kappa shape index (κ3) is 4.87. The Morgan fingerprint density at radius 2 is 2.03 bits per heavy atom. The number of ether oxygens (including phenoxy) is 2. The highest BCUT2D eigenvalue weighted by atomic mass is 16.5. The largest absolute Gasteiger partial charge is 0.497 e. The summed E-state index contributed by atoms with van der Waals surface area (Å²) < 4.78 is 13.5. The standard InChI is InChI=1S/C26H30N2O3/c1-3-4-13-31-24-10-11-26-25(15-24)21(17-27-12-6-8-22(27)19-29)18-28(26)16-20-7-5-9-23(14-20)30-2/h5,7,9-11,14-15,18,22,29H,6,8,12-13,16-17,19H2,1-2H3/t22-/m0/s1. The summed E-state index contributed by atoms with van der Waals surface area (Å²) in [5.41, 5.74) is 3.62. The first-order valence-corrected chi connectivity index (χ1v) is 10.8. The van der Waals surface area contributed by atoms with Gasteiger partial charge in [-0.2, -0.15) is 0 Å². The van der Waals surface area contributed by atoms with E-state index in [9.17, 15) is 5.11 Å². The average Bonchev–Trinajstić information content (AvgIpc) is 3.38. The van der Waals surface area contributed by atoms with Gasteiger partial charge in [0.05, 0.1) is 13.7 Å². The van der Waals surface area contributed by atoms with E-state index < -0.39 is 0 Å². The maximum Gasteiger partial charge on any atom is 0.149 e. The molecule has 1 aliphatic heterocycles. The predicted octanol–water partition coefficient (Wildman–Crippen LogP) is 4.06. The van der Waals surface area contributed by atoms with Gasteiger partial charge in [-0.1, -0.05) is 18.1 Å². The van der Waals surface area contributed by atoms with Gasteiger partial charge in [0, 0.05) is 36.2 Å². The molecule has 2 aromatic carbocycles. The fourth-order valence-electron chi connectivity index (χ4n) is 4.38. The minimum atomic E-state index is 0.215. The third-order valence-corrected chi connectivity index (χ3v) is 5.99. The minimum Gasteiger partial charge on any atom is -0.497 e. The number of hydrogen-bond acceptors (Lipinski definition) is 4. The van der Waals surface area contributed by atoms with Crippen molar-refractivity contribution in [1.29, 1.82) is 0 Å². The number of aliphatic hydroxyl groups excluding tert-OH is 1. The smallest absolute Gasteiger partial charge is 0.149 e. The molecule has 2 heterocycles. The molecule has 1 fully saturated rings. The second-order valence-corrected chi connectivity index (χ2v) is 7.98. The molecule has 0 saturated carbocycles. The zero-order valence-electron chi connectivity index (χ0n) is 18.3. The van der Waals surface area contributed by atoms with Gasteiger partial charge in [-0.25, -0.2) is 0 Å². The number of aromatic nitrogens is 1. The summed E-state index contributed by atoms with van der Waals surface area (Å²) >= 11 is 0. The lowest BCUT2D eigenvalue weighted by Crippen LogP contribution is -2.31. The van der Waals surface area contributed by atoms with Crippen LogP contribution in [0.25, 0.3) is 10.9 Å². The molecule has 3 aromatic rings. The second-order valence-electron chi connectivity index (χ2n) is 7.98. The van der Waals surface area contributed by atoms with Crippen LogP contribution >= 0.6 is 0 Å². The van der Waals surface area contributed by atoms with E-state index in [-0.39, 0.29) is 12.6 Å². The number of fused-ring (bicyclic) bond motifs is 1. The topological polar surface area (TPSA) is 46.9 Å². The zero-order chi connectivity index (χ0) is 21.6. The van der Waals surface area contributed by atoms with Crippen molar-refractivity contribution in [3.8, 4) is 23.3 Å². The first-order valence-electron chi connectivity index (χ1n) is 10.8. The zero-order valence-corrected chi connectivity index (χ0v) is 18.3. The summed E-state index contributed by atoms with van der Waals surface area (Å²) in [4.78, 5) is 2.39. The maximum absolute atomic E-state index is 9.75. The Balaban J connectivity index is 1.68. The average molecular weight is 419 g/mol. The van der Waals surface area contributed by atoms with Gasteiger partial charge in [0.2, 0.25) is 0 Å². The number of rotatable bonds is 8. The summed E-state index contributed by atoms with van der Waals surface area (Å²) in [5.74, 6) is 7.52. The van der Waals surface area contributed by atoms with Gasteiger partial charge in [0.15, 0.2) is 0 Å². The minimum absolute atomic E-state index is 0.215. The lowest BCUT2D eigenvalue weighted by Gasteiger charge is -2.22. The molecule has 4 rings (SSSR count). The first kappa shape index (κ1) is 21.3. The van der Waals surface area contributed by atoms with Gasteiger partial charge in [0.25, 0.3) is 0 Å². The van der Waals surface area contributed by atoms with E-state index in [0.717, 1.165) is 44.0 Å². The molecule has 1 N–H and O–H groups in total. The Kier molecular flexibility index (Phi) is 6.81. The molecule has 5 nitrogen and oxygen atoms in total. The van der Waals surface area contributed by atoms with E-state index in [1.807, 2.05) is 25.1 Å². The molecule has 1 atom stereocenters. The van der Waals surface area contributed by atoms with E-state index in [2.05, 4.69) is 51.8 Å². The lowest BCUT2D eigenvalue weighted by molar-refractivity contribution is 0.154. The molecule has 1 aromatic heterocycles. The van der Waals surface area contributed by atoms with Crippen molar-refractivity contribution in [3.63, 3.8) is 0 Å². The summed E-state index contributed by atoms with van der Waals surface area (Å²) in [6.45, 7) is 5.03. The van der Waals surface area contributed by atoms with E-state index >= 15 is 0 Å². The van der Waals surface area contributed by atoms with Crippen LogP contribution in [0.3, 0.4) is 0 Å². The van der Waals surface area contributed by atoms with Gasteiger partial charge in [0.1, 0.15) is 18.1 Å². The summed E-state index contributed by atoms with van der Waals surface area (Å²) in [6, 6.07) is 14.7. The predicted molar refractivity (Wildman–Crippen MR) is 123 cm³/mol. The second kappa shape index (κ2) is 9.91. The highest BCUT2D eigenvalue weighted by Crippen LogP contribution is 2.30. The van der Waals surface area contributed by atoms with Crippen LogP contribution in [0.5, 0.6) is 11.5 Å². The van der Waals surface area contributed by atoms with Crippen molar-refractivity contribution in [2.75, 3.05) is 26.9 Å². The number of aliphatic hydroxyl groups is 1. The summed E-state index contributed by atoms with van der Waals surface area (Å²) in [5, 5.41) is 10.9. The van der Waals surface area contributed by atoms with Crippen molar-refractivity contribution in [1.82, 2.24) is 9.47 Å². The van der Waals surface area contributed by atoms with Crippen molar-refractivity contribution in [3.05, 3.63) is 59.8 Å². The number of nitrogens with zero attached hydrogens (tertiary/aromatic N) is 2. The molecular weight excluding hydrogens is 388 g/mol. The van der Waals surface area contributed by atoms with Crippen LogP contribution in [-0.2, 0) is 13.1 Å². The molecule has 0 radical (unpaired) electrons. The summed E-state index contributed by atoms with van der Waals surface area (Å²) in [7, 11) is 1.69. The Hall–Kier alpha value is -2.94. The van der Waals surface area contributed by atoms with Gasteiger partial charge >= 0.3 is 0 Å². The van der Waals surface area contributed by atoms with E-state index in [4.69, 9.17) is 9.47 Å². The van der Waals surface area contributed by atoms with Crippen LogP contribution in [0.1, 0.15) is 30.9 Å². The number of benzene rings is 2. The molecule has 162 valence electrons. The molecule has 5 heteroatoms. The van der Waals surface area contributed by atoms with E-state index in [1.54, 1.807) is 7.11 Å². The molecule has 1 saturated heterocycles. The molecule has 1 aliphatic rings. The Morgan fingerprint density at radius 1 is 1.13 bits per heavy atom. The van der Waals surface area contributed by atoms with Gasteiger partial charge in [-0.3, -0.25) is 4.90 Å². The van der Waals surface area contributed by atoms with E-state index in [0.29, 0.717) is 6.61 Å². The lowest BCUT2D eigenvalue weighted by atomic mass is 10.1. The molecule has 0 bridgehead atoms. The Bertz CT molecular complexity index is 1090.